The molecule has 9 nitrogen and oxygen atoms in total. The van der Waals surface area contributed by atoms with Gasteiger partial charge < -0.3 is 25.2 Å². The van der Waals surface area contributed by atoms with Crippen molar-refractivity contribution >= 4 is 10.4 Å². The smallest absolute Gasteiger partial charge is 0.387 e. The third kappa shape index (κ3) is 3.33. The fourth-order valence-electron chi connectivity index (χ4n) is 1.22. The van der Waals surface area contributed by atoms with Gasteiger partial charge in [-0.25, -0.2) is 4.18 Å². The summed E-state index contributed by atoms with van der Waals surface area (Å²) in [6.07, 6.45) is -8.25. The summed E-state index contributed by atoms with van der Waals surface area (Å²) in [5.41, 5.74) is 0. The van der Waals surface area contributed by atoms with E-state index in [-0.39, 0.29) is 0 Å². The molecule has 0 amide bonds. The van der Waals surface area contributed by atoms with Crippen molar-refractivity contribution in [3.05, 3.63) is 0 Å². The van der Waals surface area contributed by atoms with Gasteiger partial charge in [-0.2, -0.15) is 8.42 Å². The van der Waals surface area contributed by atoms with E-state index in [1.165, 1.54) is 0 Å². The van der Waals surface area contributed by atoms with Crippen molar-refractivity contribution in [3.63, 3.8) is 0 Å². The first kappa shape index (κ1) is 13.7. The van der Waals surface area contributed by atoms with E-state index < -0.39 is 47.7 Å². The Morgan fingerprint density at radius 1 is 1.06 bits per heavy atom. The average molecular weight is 260 g/mol. The molecule has 1 fully saturated rings. The second kappa shape index (κ2) is 4.89. The molecule has 1 saturated heterocycles. The first-order valence-electron chi connectivity index (χ1n) is 4.22. The van der Waals surface area contributed by atoms with Gasteiger partial charge in [-0.1, -0.05) is 0 Å². The summed E-state index contributed by atoms with van der Waals surface area (Å²) in [7, 11) is -4.71. The van der Waals surface area contributed by atoms with E-state index >= 15 is 0 Å². The van der Waals surface area contributed by atoms with Crippen molar-refractivity contribution in [1.82, 2.24) is 0 Å². The lowest BCUT2D eigenvalue weighted by Gasteiger charge is -2.37. The number of hydrogen-bond acceptors (Lipinski definition) is 8. The lowest BCUT2D eigenvalue weighted by atomic mass is 10.00. The highest BCUT2D eigenvalue weighted by molar-refractivity contribution is 7.80. The van der Waals surface area contributed by atoms with Gasteiger partial charge >= 0.3 is 10.4 Å². The molecule has 1 aliphatic heterocycles. The Labute approximate surface area is 90.8 Å². The van der Waals surface area contributed by atoms with Crippen molar-refractivity contribution < 1.29 is 42.3 Å². The predicted octanol–water partition coefficient (Wildman–Crippen LogP) is -3.39. The SMILES string of the molecule is O=S(=O)(O)OC[C@H]1OC(O)[C@H](O)[C@@H](O)[C@@H]1O. The zero-order valence-corrected chi connectivity index (χ0v) is 8.69. The highest BCUT2D eigenvalue weighted by Crippen LogP contribution is 2.20. The monoisotopic (exact) mass is 260 g/mol. The molecule has 0 aromatic rings. The number of hydrogen-bond donors (Lipinski definition) is 5. The maximum atomic E-state index is 10.2. The maximum absolute atomic E-state index is 10.2. The number of aliphatic hydroxyl groups is 4. The Morgan fingerprint density at radius 2 is 1.62 bits per heavy atom. The summed E-state index contributed by atoms with van der Waals surface area (Å²) in [6, 6.07) is 0. The second-order valence-electron chi connectivity index (χ2n) is 3.25. The highest BCUT2D eigenvalue weighted by atomic mass is 32.3. The lowest BCUT2D eigenvalue weighted by molar-refractivity contribution is -0.285. The molecule has 0 radical (unpaired) electrons. The van der Waals surface area contributed by atoms with Gasteiger partial charge in [0.2, 0.25) is 0 Å². The van der Waals surface area contributed by atoms with E-state index in [2.05, 4.69) is 8.92 Å². The highest BCUT2D eigenvalue weighted by Gasteiger charge is 2.43. The average Bonchev–Trinajstić information content (AvgIpc) is 2.17. The largest absolute Gasteiger partial charge is 0.397 e. The van der Waals surface area contributed by atoms with Crippen LogP contribution in [0.2, 0.25) is 0 Å². The van der Waals surface area contributed by atoms with Crippen molar-refractivity contribution in [2.45, 2.75) is 30.7 Å². The van der Waals surface area contributed by atoms with E-state index in [4.69, 9.17) is 14.8 Å². The van der Waals surface area contributed by atoms with Crippen LogP contribution in [0, 0.1) is 0 Å². The molecule has 96 valence electrons. The van der Waals surface area contributed by atoms with Crippen LogP contribution in [-0.4, -0.2) is 70.7 Å². The molecule has 0 spiro atoms. The van der Waals surface area contributed by atoms with Crippen LogP contribution in [0.15, 0.2) is 0 Å². The van der Waals surface area contributed by atoms with Crippen LogP contribution in [0.4, 0.5) is 0 Å². The number of aliphatic hydroxyl groups excluding tert-OH is 4. The van der Waals surface area contributed by atoms with Gasteiger partial charge in [0.05, 0.1) is 6.61 Å². The Balaban J connectivity index is 2.61. The van der Waals surface area contributed by atoms with Crippen molar-refractivity contribution in [2.75, 3.05) is 6.61 Å². The topological polar surface area (TPSA) is 154 Å². The second-order valence-corrected chi connectivity index (χ2v) is 4.34. The van der Waals surface area contributed by atoms with Crippen molar-refractivity contribution in [1.29, 1.82) is 0 Å². The first-order valence-corrected chi connectivity index (χ1v) is 5.58. The van der Waals surface area contributed by atoms with Gasteiger partial charge in [0.1, 0.15) is 24.4 Å². The Kier molecular flexibility index (Phi) is 4.20. The molecular weight excluding hydrogens is 248 g/mol. The molecule has 1 aliphatic rings. The molecule has 0 aromatic heterocycles. The molecule has 10 heteroatoms. The molecule has 1 unspecified atom stereocenters. The summed E-state index contributed by atoms with van der Waals surface area (Å²) in [5.74, 6) is 0. The molecular formula is C6H12O9S. The van der Waals surface area contributed by atoms with E-state index in [0.717, 1.165) is 0 Å². The summed E-state index contributed by atoms with van der Waals surface area (Å²) in [5, 5.41) is 36.7. The third-order valence-electron chi connectivity index (χ3n) is 2.07. The third-order valence-corrected chi connectivity index (χ3v) is 2.50. The molecule has 0 saturated carbocycles. The first-order chi connectivity index (χ1) is 7.22. The Morgan fingerprint density at radius 3 is 2.12 bits per heavy atom. The lowest BCUT2D eigenvalue weighted by Crippen LogP contribution is -2.58. The molecule has 5 atom stereocenters. The van der Waals surface area contributed by atoms with E-state index in [9.17, 15) is 18.6 Å². The summed E-state index contributed by atoms with van der Waals surface area (Å²) in [4.78, 5) is 0. The quantitative estimate of drug-likeness (QED) is 0.327. The minimum atomic E-state index is -4.71. The van der Waals surface area contributed by atoms with Crippen LogP contribution in [0.1, 0.15) is 0 Å². The maximum Gasteiger partial charge on any atom is 0.397 e. The van der Waals surface area contributed by atoms with Gasteiger partial charge in [-0.3, -0.25) is 4.55 Å². The van der Waals surface area contributed by atoms with Crippen LogP contribution in [0.25, 0.3) is 0 Å². The number of ether oxygens (including phenoxy) is 1. The van der Waals surface area contributed by atoms with E-state index in [1.807, 2.05) is 0 Å². The zero-order valence-electron chi connectivity index (χ0n) is 7.87. The zero-order chi connectivity index (χ0) is 12.5. The minimum Gasteiger partial charge on any atom is -0.387 e. The number of rotatable bonds is 3. The van der Waals surface area contributed by atoms with E-state index in [1.54, 1.807) is 0 Å². The van der Waals surface area contributed by atoms with Crippen LogP contribution >= 0.6 is 0 Å². The molecule has 16 heavy (non-hydrogen) atoms. The van der Waals surface area contributed by atoms with Crippen LogP contribution in [0.5, 0.6) is 0 Å². The van der Waals surface area contributed by atoms with Gasteiger partial charge in [0.15, 0.2) is 6.29 Å². The van der Waals surface area contributed by atoms with Gasteiger partial charge in [-0.05, 0) is 0 Å². The molecule has 5 N–H and O–H groups in total. The Hall–Kier alpha value is -0.330. The van der Waals surface area contributed by atoms with Crippen molar-refractivity contribution in [2.24, 2.45) is 0 Å². The van der Waals surface area contributed by atoms with Crippen molar-refractivity contribution in [3.8, 4) is 0 Å². The van der Waals surface area contributed by atoms with Crippen LogP contribution in [-0.2, 0) is 19.3 Å². The normalized spacial score (nSPS) is 40.9. The molecule has 1 heterocycles. The van der Waals surface area contributed by atoms with Gasteiger partial charge in [0.25, 0.3) is 0 Å². The summed E-state index contributed by atoms with van der Waals surface area (Å²) < 4.78 is 37.2. The van der Waals surface area contributed by atoms with Crippen LogP contribution in [0.3, 0.4) is 0 Å². The molecule has 0 bridgehead atoms. The standard InChI is InChI=1S/C6H12O9S/c7-3-2(1-14-16(11,12)13)15-6(10)5(9)4(3)8/h2-10H,1H2,(H,11,12,13)/t2-,3-,4+,5-,6?/m1/s1. The fourth-order valence-corrected chi connectivity index (χ4v) is 1.53. The summed E-state index contributed by atoms with van der Waals surface area (Å²) >= 11 is 0. The Bertz CT molecular complexity index is 327. The van der Waals surface area contributed by atoms with E-state index in [0.29, 0.717) is 0 Å². The predicted molar refractivity (Wildman–Crippen MR) is 46.4 cm³/mol. The summed E-state index contributed by atoms with van der Waals surface area (Å²) in [6.45, 7) is -0.805. The minimum absolute atomic E-state index is 0.805. The van der Waals surface area contributed by atoms with Gasteiger partial charge in [0, 0.05) is 0 Å². The van der Waals surface area contributed by atoms with Gasteiger partial charge in [-0.15, -0.1) is 0 Å². The molecule has 0 aromatic carbocycles. The molecule has 1 rings (SSSR count). The fraction of sp³-hybridized carbons (Fsp3) is 1.00. The van der Waals surface area contributed by atoms with Crippen LogP contribution < -0.4 is 0 Å². The molecule has 0 aliphatic carbocycles.